The van der Waals surface area contributed by atoms with Crippen LogP contribution in [0.15, 0.2) is 85.0 Å². The first-order valence-electron chi connectivity index (χ1n) is 15.9. The number of allylic oxidation sites excluding steroid dienone is 3. The number of hydrogen-bond donors (Lipinski definition) is 0. The van der Waals surface area contributed by atoms with Gasteiger partial charge in [0.15, 0.2) is 0 Å². The molecule has 0 heterocycles. The molecule has 1 aliphatic carbocycles. The average molecular weight is 571 g/mol. The zero-order chi connectivity index (χ0) is 31.3. The third kappa shape index (κ3) is 6.77. The van der Waals surface area contributed by atoms with E-state index in [9.17, 15) is 4.79 Å². The Kier molecular flexibility index (Phi) is 10.4. The monoisotopic (exact) mass is 570 g/mol. The summed E-state index contributed by atoms with van der Waals surface area (Å²) >= 11 is 0. The van der Waals surface area contributed by atoms with Gasteiger partial charge in [-0.25, -0.2) is 0 Å². The number of esters is 1. The third-order valence-corrected chi connectivity index (χ3v) is 10.4. The highest BCUT2D eigenvalue weighted by atomic mass is 16.5. The van der Waals surface area contributed by atoms with Gasteiger partial charge in [0.1, 0.15) is 17.5 Å². The molecule has 3 heteroatoms. The van der Waals surface area contributed by atoms with Crippen LogP contribution in [0.4, 0.5) is 0 Å². The number of carbonyl (C=O) groups excluding carboxylic acids is 1. The Morgan fingerprint density at radius 1 is 0.857 bits per heavy atom. The van der Waals surface area contributed by atoms with Gasteiger partial charge in [0, 0.05) is 16.7 Å². The van der Waals surface area contributed by atoms with Crippen LogP contribution < -0.4 is 4.74 Å². The van der Waals surface area contributed by atoms with Crippen molar-refractivity contribution in [1.82, 2.24) is 0 Å². The molecule has 1 aliphatic rings. The fraction of sp³-hybridized carbons (Fsp3) is 0.513. The van der Waals surface area contributed by atoms with Crippen LogP contribution in [-0.4, -0.2) is 17.7 Å². The highest BCUT2D eigenvalue weighted by molar-refractivity contribution is 5.76. The van der Waals surface area contributed by atoms with E-state index in [-0.39, 0.29) is 34.4 Å². The first-order valence-corrected chi connectivity index (χ1v) is 15.9. The van der Waals surface area contributed by atoms with Gasteiger partial charge in [-0.3, -0.25) is 4.79 Å². The van der Waals surface area contributed by atoms with Gasteiger partial charge in [0.25, 0.3) is 0 Å². The molecule has 2 aromatic rings. The average Bonchev–Trinajstić information content (AvgIpc) is 3.01. The lowest BCUT2D eigenvalue weighted by molar-refractivity contribution is -0.160. The van der Waals surface area contributed by atoms with Crippen LogP contribution in [0.3, 0.4) is 0 Å². The van der Waals surface area contributed by atoms with Gasteiger partial charge < -0.3 is 9.47 Å². The molecule has 0 spiro atoms. The van der Waals surface area contributed by atoms with E-state index in [1.54, 1.807) is 0 Å². The number of ether oxygens (including phenoxy) is 2. The van der Waals surface area contributed by atoms with Crippen LogP contribution in [-0.2, 0) is 20.4 Å². The van der Waals surface area contributed by atoms with Crippen molar-refractivity contribution < 1.29 is 14.3 Å². The summed E-state index contributed by atoms with van der Waals surface area (Å²) in [6.07, 6.45) is 11.7. The fourth-order valence-corrected chi connectivity index (χ4v) is 5.52. The maximum Gasteiger partial charge on any atom is 0.312 e. The largest absolute Gasteiger partial charge is 0.488 e. The van der Waals surface area contributed by atoms with E-state index in [2.05, 4.69) is 136 Å². The molecular weight excluding hydrogens is 516 g/mol. The van der Waals surface area contributed by atoms with Crippen molar-refractivity contribution in [2.75, 3.05) is 0 Å². The van der Waals surface area contributed by atoms with Crippen LogP contribution in [0.2, 0.25) is 0 Å². The molecule has 0 radical (unpaired) electrons. The molecule has 3 unspecified atom stereocenters. The van der Waals surface area contributed by atoms with Crippen molar-refractivity contribution >= 4 is 5.97 Å². The second-order valence-corrected chi connectivity index (χ2v) is 13.4. The molecule has 3 nitrogen and oxygen atoms in total. The Morgan fingerprint density at radius 3 is 1.98 bits per heavy atom. The molecule has 0 saturated heterocycles. The predicted octanol–water partition coefficient (Wildman–Crippen LogP) is 10.3. The van der Waals surface area contributed by atoms with Crippen LogP contribution >= 0.6 is 0 Å². The summed E-state index contributed by atoms with van der Waals surface area (Å²) in [6, 6.07) is 17.4. The highest BCUT2D eigenvalue weighted by Gasteiger charge is 2.36. The molecule has 0 aromatic heterocycles. The number of benzene rings is 2. The topological polar surface area (TPSA) is 35.5 Å². The highest BCUT2D eigenvalue weighted by Crippen LogP contribution is 2.41. The Bertz CT molecular complexity index is 1290. The first-order chi connectivity index (χ1) is 19.7. The minimum absolute atomic E-state index is 0.0933. The van der Waals surface area contributed by atoms with Crippen LogP contribution in [0.25, 0.3) is 0 Å². The Morgan fingerprint density at radius 2 is 1.45 bits per heavy atom. The lowest BCUT2D eigenvalue weighted by atomic mass is 9.71. The summed E-state index contributed by atoms with van der Waals surface area (Å²) in [7, 11) is 0. The van der Waals surface area contributed by atoms with Crippen molar-refractivity contribution in [3.63, 3.8) is 0 Å². The van der Waals surface area contributed by atoms with Crippen molar-refractivity contribution in [2.45, 2.75) is 117 Å². The van der Waals surface area contributed by atoms with Gasteiger partial charge in [-0.1, -0.05) is 103 Å². The Labute approximate surface area is 256 Å². The zero-order valence-electron chi connectivity index (χ0n) is 27.8. The minimum atomic E-state index is -0.436. The second-order valence-electron chi connectivity index (χ2n) is 13.4. The predicted molar refractivity (Wildman–Crippen MR) is 177 cm³/mol. The molecule has 0 amide bonds. The first kappa shape index (κ1) is 33.4. The molecule has 0 bridgehead atoms. The molecule has 3 rings (SSSR count). The number of hydrogen-bond acceptors (Lipinski definition) is 3. The van der Waals surface area contributed by atoms with Gasteiger partial charge in [0.05, 0.1) is 5.41 Å². The van der Waals surface area contributed by atoms with Crippen molar-refractivity contribution in [3.05, 3.63) is 102 Å². The molecule has 0 saturated carbocycles. The zero-order valence-corrected chi connectivity index (χ0v) is 27.8. The van der Waals surface area contributed by atoms with Crippen molar-refractivity contribution in [3.8, 4) is 5.75 Å². The van der Waals surface area contributed by atoms with E-state index in [0.29, 0.717) is 0 Å². The van der Waals surface area contributed by atoms with Gasteiger partial charge in [0.2, 0.25) is 0 Å². The minimum Gasteiger partial charge on any atom is -0.488 e. The molecule has 0 aliphatic heterocycles. The summed E-state index contributed by atoms with van der Waals surface area (Å²) in [5.41, 5.74) is 3.64. The van der Waals surface area contributed by atoms with Gasteiger partial charge in [-0.2, -0.15) is 0 Å². The molecular formula is C39H54O3. The quantitative estimate of drug-likeness (QED) is 0.177. The summed E-state index contributed by atoms with van der Waals surface area (Å²) in [4.78, 5) is 12.9. The van der Waals surface area contributed by atoms with E-state index in [4.69, 9.17) is 9.47 Å². The Balaban J connectivity index is 1.86. The summed E-state index contributed by atoms with van der Waals surface area (Å²) in [5, 5.41) is 0. The van der Waals surface area contributed by atoms with E-state index < -0.39 is 5.41 Å². The molecule has 0 N–H and O–H groups in total. The van der Waals surface area contributed by atoms with Crippen molar-refractivity contribution in [2.24, 2.45) is 11.3 Å². The third-order valence-electron chi connectivity index (χ3n) is 10.4. The molecule has 3 atom stereocenters. The molecule has 228 valence electrons. The maximum atomic E-state index is 12.9. The molecule has 42 heavy (non-hydrogen) atoms. The van der Waals surface area contributed by atoms with E-state index in [1.165, 1.54) is 22.3 Å². The smallest absolute Gasteiger partial charge is 0.312 e. The van der Waals surface area contributed by atoms with Crippen LogP contribution in [0.5, 0.6) is 5.75 Å². The van der Waals surface area contributed by atoms with E-state index in [0.717, 1.165) is 31.4 Å². The summed E-state index contributed by atoms with van der Waals surface area (Å²) in [5.74, 6) is 0.885. The van der Waals surface area contributed by atoms with Crippen LogP contribution in [0.1, 0.15) is 112 Å². The summed E-state index contributed by atoms with van der Waals surface area (Å²) < 4.78 is 12.3. The maximum absolute atomic E-state index is 12.9. The number of rotatable bonds is 13. The Hall–Kier alpha value is -3.07. The lowest BCUT2D eigenvalue weighted by Gasteiger charge is -2.35. The van der Waals surface area contributed by atoms with Gasteiger partial charge in [-0.15, -0.1) is 6.58 Å². The molecule has 2 aromatic carbocycles. The number of carbonyl (C=O) groups is 1. The standard InChI is InChI=1S/C39H54O3/c1-12-37(9,13-2)35(40)41-34-25-22-31(26-28(34)6)36(7,8)30-18-17-19-32(27-30)39(11,16-5)29-20-23-33(24-21-29)42-38(10,14-3)15-4/h16-28,34H,5,12-15H2,1-4,6-11H3. The summed E-state index contributed by atoms with van der Waals surface area (Å²) in [6.45, 7) is 25.8. The van der Waals surface area contributed by atoms with Gasteiger partial charge in [-0.05, 0) is 86.9 Å². The normalized spacial score (nSPS) is 19.0. The lowest BCUT2D eigenvalue weighted by Crippen LogP contribution is -2.35. The van der Waals surface area contributed by atoms with E-state index in [1.807, 2.05) is 13.0 Å². The SMILES string of the molecule is C=CC(C)(c1ccc(OC(C)(CC)CC)cc1)c1cccc(C(C)(C)C2=CC(C)C(OC(=O)C(C)(CC)CC)C=C2)c1. The van der Waals surface area contributed by atoms with Crippen LogP contribution in [0, 0.1) is 11.3 Å². The fourth-order valence-electron chi connectivity index (χ4n) is 5.52. The molecule has 0 fully saturated rings. The van der Waals surface area contributed by atoms with Gasteiger partial charge >= 0.3 is 5.97 Å². The second kappa shape index (κ2) is 13.1. The van der Waals surface area contributed by atoms with Crippen molar-refractivity contribution in [1.29, 1.82) is 0 Å². The van der Waals surface area contributed by atoms with E-state index >= 15 is 0 Å².